The number of rotatable bonds is 8. The summed E-state index contributed by atoms with van der Waals surface area (Å²) in [4.78, 5) is 11.7. The van der Waals surface area contributed by atoms with E-state index in [0.717, 1.165) is 12.8 Å². The second-order valence-corrected chi connectivity index (χ2v) is 5.97. The van der Waals surface area contributed by atoms with Crippen LogP contribution >= 0.6 is 0 Å². The van der Waals surface area contributed by atoms with Crippen LogP contribution in [0.4, 0.5) is 0 Å². The summed E-state index contributed by atoms with van der Waals surface area (Å²) >= 11 is 0. The summed E-state index contributed by atoms with van der Waals surface area (Å²) in [7, 11) is 0. The van der Waals surface area contributed by atoms with Gasteiger partial charge in [-0.25, -0.2) is 0 Å². The van der Waals surface area contributed by atoms with Gasteiger partial charge in [-0.3, -0.25) is 4.79 Å². The maximum atomic E-state index is 11.7. The zero-order chi connectivity index (χ0) is 12.9. The summed E-state index contributed by atoms with van der Waals surface area (Å²) in [6.45, 7) is 5.07. The minimum absolute atomic E-state index is 0.0376. The van der Waals surface area contributed by atoms with Crippen molar-refractivity contribution in [1.82, 2.24) is 5.32 Å². The number of carbonyl (C=O) groups excluding carboxylic acids is 1. The van der Waals surface area contributed by atoms with Crippen LogP contribution in [0.2, 0.25) is 0 Å². The minimum Gasteiger partial charge on any atom is -0.396 e. The number of nitrogens with two attached hydrogens (primary N) is 1. The first-order valence-electron chi connectivity index (χ1n) is 6.58. The molecule has 4 nitrogen and oxygen atoms in total. The Hall–Kier alpha value is -0.610. The molecule has 1 aliphatic rings. The van der Waals surface area contributed by atoms with E-state index in [-0.39, 0.29) is 24.0 Å². The highest BCUT2D eigenvalue weighted by Crippen LogP contribution is 2.32. The summed E-state index contributed by atoms with van der Waals surface area (Å²) in [6, 6.07) is 0.0376. The fraction of sp³-hybridized carbons (Fsp3) is 0.923. The highest BCUT2D eigenvalue weighted by molar-refractivity contribution is 5.76. The van der Waals surface area contributed by atoms with Gasteiger partial charge in [-0.1, -0.05) is 13.8 Å². The van der Waals surface area contributed by atoms with Crippen LogP contribution < -0.4 is 11.1 Å². The van der Waals surface area contributed by atoms with Gasteiger partial charge in [-0.15, -0.1) is 0 Å². The molecule has 0 aromatic heterocycles. The van der Waals surface area contributed by atoms with Crippen molar-refractivity contribution in [1.29, 1.82) is 0 Å². The van der Waals surface area contributed by atoms with Crippen LogP contribution in [0.25, 0.3) is 0 Å². The Bertz CT molecular complexity index is 250. The number of aliphatic hydroxyl groups is 1. The van der Waals surface area contributed by atoms with Gasteiger partial charge in [0.15, 0.2) is 0 Å². The molecule has 1 rings (SSSR count). The van der Waals surface area contributed by atoms with Gasteiger partial charge in [0.25, 0.3) is 0 Å². The third-order valence-corrected chi connectivity index (χ3v) is 3.42. The van der Waals surface area contributed by atoms with E-state index in [0.29, 0.717) is 18.9 Å². The Kier molecular flexibility index (Phi) is 5.40. The molecule has 1 amide bonds. The van der Waals surface area contributed by atoms with Crippen LogP contribution in [0.3, 0.4) is 0 Å². The number of carbonyl (C=O) groups is 1. The van der Waals surface area contributed by atoms with Gasteiger partial charge in [-0.2, -0.15) is 0 Å². The SMILES string of the molecule is CC(C)(CCCO)CNC(=O)CC(N)C1CC1. The van der Waals surface area contributed by atoms with Gasteiger partial charge in [0.05, 0.1) is 0 Å². The topological polar surface area (TPSA) is 75.3 Å². The quantitative estimate of drug-likeness (QED) is 0.595. The predicted molar refractivity (Wildman–Crippen MR) is 68.4 cm³/mol. The van der Waals surface area contributed by atoms with Crippen molar-refractivity contribution >= 4 is 5.91 Å². The van der Waals surface area contributed by atoms with Crippen LogP contribution in [0.1, 0.15) is 46.0 Å². The molecule has 0 aromatic carbocycles. The largest absolute Gasteiger partial charge is 0.396 e. The second-order valence-electron chi connectivity index (χ2n) is 5.97. The Labute approximate surface area is 104 Å². The van der Waals surface area contributed by atoms with Crippen LogP contribution in [-0.4, -0.2) is 30.2 Å². The van der Waals surface area contributed by atoms with Crippen LogP contribution in [0.5, 0.6) is 0 Å². The molecule has 0 aromatic rings. The van der Waals surface area contributed by atoms with Crippen molar-refractivity contribution in [2.24, 2.45) is 17.1 Å². The summed E-state index contributed by atoms with van der Waals surface area (Å²) < 4.78 is 0. The molecule has 0 saturated heterocycles. The average molecular weight is 242 g/mol. The van der Waals surface area contributed by atoms with E-state index < -0.39 is 0 Å². The standard InChI is InChI=1S/C13H26N2O2/c1-13(2,6-3-7-16)9-15-12(17)8-11(14)10-4-5-10/h10-11,16H,3-9,14H2,1-2H3,(H,15,17). The highest BCUT2D eigenvalue weighted by atomic mass is 16.2. The Balaban J connectivity index is 2.17. The molecule has 0 aliphatic heterocycles. The maximum absolute atomic E-state index is 11.7. The molecular formula is C13H26N2O2. The molecule has 4 N–H and O–H groups in total. The lowest BCUT2D eigenvalue weighted by atomic mass is 9.88. The number of amides is 1. The van der Waals surface area contributed by atoms with Gasteiger partial charge in [0.2, 0.25) is 5.91 Å². The molecule has 1 unspecified atom stereocenters. The Morgan fingerprint density at radius 3 is 2.71 bits per heavy atom. The molecule has 100 valence electrons. The molecule has 1 saturated carbocycles. The number of hydrogen-bond acceptors (Lipinski definition) is 3. The van der Waals surface area contributed by atoms with Crippen LogP contribution in [0.15, 0.2) is 0 Å². The van der Waals surface area contributed by atoms with Crippen LogP contribution in [-0.2, 0) is 4.79 Å². The zero-order valence-electron chi connectivity index (χ0n) is 11.0. The lowest BCUT2D eigenvalue weighted by molar-refractivity contribution is -0.122. The molecule has 0 spiro atoms. The smallest absolute Gasteiger partial charge is 0.221 e. The first-order valence-corrected chi connectivity index (χ1v) is 6.58. The monoisotopic (exact) mass is 242 g/mol. The summed E-state index contributed by atoms with van der Waals surface area (Å²) in [6.07, 6.45) is 4.50. The molecule has 1 fully saturated rings. The van der Waals surface area contributed by atoms with E-state index in [1.54, 1.807) is 0 Å². The summed E-state index contributed by atoms with van der Waals surface area (Å²) in [5.74, 6) is 0.629. The number of aliphatic hydroxyl groups excluding tert-OH is 1. The third kappa shape index (κ3) is 6.03. The lowest BCUT2D eigenvalue weighted by Gasteiger charge is -2.25. The Morgan fingerprint density at radius 2 is 2.18 bits per heavy atom. The zero-order valence-corrected chi connectivity index (χ0v) is 11.0. The first kappa shape index (κ1) is 14.5. The van der Waals surface area contributed by atoms with Gasteiger partial charge in [0.1, 0.15) is 0 Å². The maximum Gasteiger partial charge on any atom is 0.221 e. The molecule has 0 radical (unpaired) electrons. The minimum atomic E-state index is 0.0376. The molecule has 17 heavy (non-hydrogen) atoms. The predicted octanol–water partition coefficient (Wildman–Crippen LogP) is 1.03. The highest BCUT2D eigenvalue weighted by Gasteiger charge is 2.30. The number of hydrogen-bond donors (Lipinski definition) is 3. The van der Waals surface area contributed by atoms with Gasteiger partial charge < -0.3 is 16.2 Å². The van der Waals surface area contributed by atoms with E-state index in [9.17, 15) is 4.79 Å². The molecule has 4 heteroatoms. The first-order chi connectivity index (χ1) is 7.94. The van der Waals surface area contributed by atoms with E-state index in [1.807, 2.05) is 0 Å². The number of nitrogens with one attached hydrogen (secondary N) is 1. The van der Waals surface area contributed by atoms with E-state index in [2.05, 4.69) is 19.2 Å². The van der Waals surface area contributed by atoms with E-state index >= 15 is 0 Å². The molecule has 0 heterocycles. The second kappa shape index (κ2) is 6.36. The van der Waals surface area contributed by atoms with Gasteiger partial charge >= 0.3 is 0 Å². The molecule has 0 bridgehead atoms. The molecule has 1 atom stereocenters. The van der Waals surface area contributed by atoms with Gasteiger partial charge in [0, 0.05) is 25.6 Å². The fourth-order valence-corrected chi connectivity index (χ4v) is 1.96. The van der Waals surface area contributed by atoms with Crippen molar-refractivity contribution in [2.75, 3.05) is 13.2 Å². The molecular weight excluding hydrogens is 216 g/mol. The summed E-state index contributed by atoms with van der Waals surface area (Å²) in [5, 5.41) is 11.7. The van der Waals surface area contributed by atoms with Crippen LogP contribution in [0, 0.1) is 11.3 Å². The fourth-order valence-electron chi connectivity index (χ4n) is 1.96. The third-order valence-electron chi connectivity index (χ3n) is 3.42. The van der Waals surface area contributed by atoms with Crippen molar-refractivity contribution in [3.8, 4) is 0 Å². The molecule has 1 aliphatic carbocycles. The van der Waals surface area contributed by atoms with E-state index in [1.165, 1.54) is 12.8 Å². The van der Waals surface area contributed by atoms with Gasteiger partial charge in [-0.05, 0) is 37.0 Å². The van der Waals surface area contributed by atoms with Crippen molar-refractivity contribution in [3.05, 3.63) is 0 Å². The van der Waals surface area contributed by atoms with Crippen molar-refractivity contribution in [2.45, 2.75) is 52.0 Å². The average Bonchev–Trinajstić information content (AvgIpc) is 3.07. The Morgan fingerprint density at radius 1 is 1.53 bits per heavy atom. The normalized spacial score (nSPS) is 17.9. The lowest BCUT2D eigenvalue weighted by Crippen LogP contribution is -2.38. The van der Waals surface area contributed by atoms with E-state index in [4.69, 9.17) is 10.8 Å². The summed E-state index contributed by atoms with van der Waals surface area (Å²) in [5.41, 5.74) is 5.95. The van der Waals surface area contributed by atoms with Crippen molar-refractivity contribution < 1.29 is 9.90 Å². The van der Waals surface area contributed by atoms with Crippen molar-refractivity contribution in [3.63, 3.8) is 0 Å².